The predicted molar refractivity (Wildman–Crippen MR) is 68.3 cm³/mol. The van der Waals surface area contributed by atoms with Gasteiger partial charge in [0.05, 0.1) is 0 Å². The molecule has 0 spiro atoms. The van der Waals surface area contributed by atoms with Gasteiger partial charge in [0.1, 0.15) is 19.3 Å². The first-order valence-corrected chi connectivity index (χ1v) is 6.98. The Labute approximate surface area is 113 Å². The zero-order valence-electron chi connectivity index (χ0n) is 11.6. The van der Waals surface area contributed by atoms with Crippen LogP contribution in [0.25, 0.3) is 0 Å². The molecule has 1 aliphatic carbocycles. The van der Waals surface area contributed by atoms with Gasteiger partial charge in [-0.2, -0.15) is 0 Å². The topological polar surface area (TPSA) is 81.8 Å². The molecule has 0 bridgehead atoms. The van der Waals surface area contributed by atoms with Gasteiger partial charge in [-0.3, -0.25) is 10.1 Å². The average molecular weight is 273 g/mol. The van der Waals surface area contributed by atoms with Gasteiger partial charge in [-0.1, -0.05) is 19.3 Å². The van der Waals surface area contributed by atoms with E-state index in [0.29, 0.717) is 0 Å². The lowest BCUT2D eigenvalue weighted by molar-refractivity contribution is -0.610. The highest BCUT2D eigenvalue weighted by Crippen LogP contribution is 2.36. The summed E-state index contributed by atoms with van der Waals surface area (Å²) in [5.41, 5.74) is -1.52. The number of aliphatic hydroxyl groups is 1. The lowest BCUT2D eigenvalue weighted by Gasteiger charge is -2.42. The Hall–Kier alpha value is -0.720. The van der Waals surface area contributed by atoms with Crippen LogP contribution in [0.4, 0.5) is 0 Å². The molecule has 1 heterocycles. The molecule has 1 saturated carbocycles. The Bertz CT molecular complexity index is 328. The summed E-state index contributed by atoms with van der Waals surface area (Å²) in [6, 6.07) is 0. The molecule has 1 atom stereocenters. The second kappa shape index (κ2) is 5.34. The van der Waals surface area contributed by atoms with Crippen molar-refractivity contribution in [3.8, 4) is 0 Å². The summed E-state index contributed by atoms with van der Waals surface area (Å²) in [6.07, 6.45) is 3.90. The van der Waals surface area contributed by atoms with E-state index in [1.54, 1.807) is 13.8 Å². The maximum atomic E-state index is 11.5. The Morgan fingerprint density at radius 2 is 1.74 bits per heavy atom. The van der Waals surface area contributed by atoms with Crippen LogP contribution >= 0.6 is 0 Å². The highest BCUT2D eigenvalue weighted by Gasteiger charge is 2.57. The first-order chi connectivity index (χ1) is 8.87. The number of ether oxygens (including phenoxy) is 2. The van der Waals surface area contributed by atoms with Gasteiger partial charge in [0, 0.05) is 4.92 Å². The standard InChI is InChI=1S/C13H23NO5/c1-12(2)18-8-13(9-19-12,14(16)17)11(15)10-6-4-3-5-7-10/h10-11,15H,3-9H2,1-2H3. The number of nitro groups is 1. The van der Waals surface area contributed by atoms with Crippen molar-refractivity contribution in [2.24, 2.45) is 5.92 Å². The van der Waals surface area contributed by atoms with Gasteiger partial charge in [-0.15, -0.1) is 0 Å². The highest BCUT2D eigenvalue weighted by atomic mass is 16.7. The Morgan fingerprint density at radius 3 is 2.21 bits per heavy atom. The zero-order chi connectivity index (χ0) is 14.1. The highest BCUT2D eigenvalue weighted by molar-refractivity contribution is 4.94. The minimum absolute atomic E-state index is 0.0208. The molecule has 6 heteroatoms. The summed E-state index contributed by atoms with van der Waals surface area (Å²) < 4.78 is 10.9. The molecular weight excluding hydrogens is 250 g/mol. The fourth-order valence-electron chi connectivity index (χ4n) is 2.95. The number of hydrogen-bond donors (Lipinski definition) is 1. The van der Waals surface area contributed by atoms with Crippen LogP contribution in [0.3, 0.4) is 0 Å². The number of aliphatic hydroxyl groups excluding tert-OH is 1. The van der Waals surface area contributed by atoms with E-state index in [-0.39, 0.29) is 19.1 Å². The van der Waals surface area contributed by atoms with Gasteiger partial charge in [-0.25, -0.2) is 0 Å². The van der Waals surface area contributed by atoms with Crippen molar-refractivity contribution in [2.45, 2.75) is 63.4 Å². The summed E-state index contributed by atoms with van der Waals surface area (Å²) >= 11 is 0. The molecule has 2 fully saturated rings. The van der Waals surface area contributed by atoms with E-state index in [0.717, 1.165) is 32.1 Å². The Balaban J connectivity index is 2.13. The van der Waals surface area contributed by atoms with Gasteiger partial charge in [0.2, 0.25) is 0 Å². The summed E-state index contributed by atoms with van der Waals surface area (Å²) in [4.78, 5) is 11.0. The molecule has 1 N–H and O–H groups in total. The number of nitrogens with zero attached hydrogens (tertiary/aromatic N) is 1. The third-order valence-electron chi connectivity index (χ3n) is 4.35. The molecule has 2 rings (SSSR count). The first-order valence-electron chi connectivity index (χ1n) is 6.98. The van der Waals surface area contributed by atoms with Crippen molar-refractivity contribution < 1.29 is 19.5 Å². The summed E-state index contributed by atoms with van der Waals surface area (Å²) in [5, 5.41) is 21.9. The fourth-order valence-corrected chi connectivity index (χ4v) is 2.95. The lowest BCUT2D eigenvalue weighted by Crippen LogP contribution is -2.64. The van der Waals surface area contributed by atoms with Crippen LogP contribution in [-0.2, 0) is 9.47 Å². The van der Waals surface area contributed by atoms with E-state index in [1.807, 2.05) is 0 Å². The summed E-state index contributed by atoms with van der Waals surface area (Å²) in [5.74, 6) is -0.834. The molecule has 0 aromatic rings. The van der Waals surface area contributed by atoms with Crippen LogP contribution in [0.1, 0.15) is 46.0 Å². The minimum atomic E-state index is -1.52. The lowest BCUT2D eigenvalue weighted by atomic mass is 9.77. The third-order valence-corrected chi connectivity index (χ3v) is 4.35. The van der Waals surface area contributed by atoms with Gasteiger partial charge >= 0.3 is 0 Å². The molecule has 110 valence electrons. The maximum absolute atomic E-state index is 11.5. The van der Waals surface area contributed by atoms with Crippen LogP contribution in [0, 0.1) is 16.0 Å². The van der Waals surface area contributed by atoms with Crippen LogP contribution in [0.5, 0.6) is 0 Å². The first kappa shape index (κ1) is 14.7. The fraction of sp³-hybridized carbons (Fsp3) is 1.00. The largest absolute Gasteiger partial charge is 0.385 e. The molecule has 1 aliphatic heterocycles. The Kier molecular flexibility index (Phi) is 4.13. The van der Waals surface area contributed by atoms with Crippen molar-refractivity contribution in [3.63, 3.8) is 0 Å². The molecule has 0 aromatic heterocycles. The molecule has 0 radical (unpaired) electrons. The van der Waals surface area contributed by atoms with E-state index in [1.165, 1.54) is 0 Å². The SMILES string of the molecule is CC1(C)OCC(C(O)C2CCCCC2)([N+](=O)[O-])CO1. The van der Waals surface area contributed by atoms with Crippen LogP contribution < -0.4 is 0 Å². The van der Waals surface area contributed by atoms with Crippen LogP contribution in [-0.4, -0.2) is 40.7 Å². The third kappa shape index (κ3) is 2.90. The van der Waals surface area contributed by atoms with E-state index in [9.17, 15) is 15.2 Å². The van der Waals surface area contributed by atoms with E-state index in [2.05, 4.69) is 0 Å². The molecule has 1 saturated heterocycles. The van der Waals surface area contributed by atoms with Gasteiger partial charge < -0.3 is 14.6 Å². The molecule has 2 aliphatic rings. The van der Waals surface area contributed by atoms with Crippen molar-refractivity contribution in [1.82, 2.24) is 0 Å². The van der Waals surface area contributed by atoms with Crippen molar-refractivity contribution >= 4 is 0 Å². The monoisotopic (exact) mass is 273 g/mol. The normalized spacial score (nSPS) is 28.8. The second-order valence-corrected chi connectivity index (χ2v) is 6.18. The molecule has 6 nitrogen and oxygen atoms in total. The smallest absolute Gasteiger partial charge is 0.293 e. The molecule has 0 aromatic carbocycles. The predicted octanol–water partition coefficient (Wildman–Crippen LogP) is 1.73. The van der Waals surface area contributed by atoms with E-state index < -0.39 is 22.4 Å². The van der Waals surface area contributed by atoms with Crippen molar-refractivity contribution in [3.05, 3.63) is 10.1 Å². The van der Waals surface area contributed by atoms with Gasteiger partial charge in [0.25, 0.3) is 5.54 Å². The molecule has 19 heavy (non-hydrogen) atoms. The molecule has 0 amide bonds. The van der Waals surface area contributed by atoms with Crippen LogP contribution in [0.2, 0.25) is 0 Å². The molecule has 1 unspecified atom stereocenters. The maximum Gasteiger partial charge on any atom is 0.293 e. The van der Waals surface area contributed by atoms with Crippen LogP contribution in [0.15, 0.2) is 0 Å². The summed E-state index contributed by atoms with van der Waals surface area (Å²) in [6.45, 7) is 3.27. The van der Waals surface area contributed by atoms with E-state index in [4.69, 9.17) is 9.47 Å². The quantitative estimate of drug-likeness (QED) is 0.625. The zero-order valence-corrected chi connectivity index (χ0v) is 11.6. The van der Waals surface area contributed by atoms with Gasteiger partial charge in [0.15, 0.2) is 5.79 Å². The van der Waals surface area contributed by atoms with Gasteiger partial charge in [-0.05, 0) is 32.6 Å². The molecular formula is C13H23NO5. The van der Waals surface area contributed by atoms with Crippen molar-refractivity contribution in [2.75, 3.05) is 13.2 Å². The van der Waals surface area contributed by atoms with E-state index >= 15 is 0 Å². The second-order valence-electron chi connectivity index (χ2n) is 6.18. The minimum Gasteiger partial charge on any atom is -0.385 e. The number of hydrogen-bond acceptors (Lipinski definition) is 5. The average Bonchev–Trinajstić information content (AvgIpc) is 2.39. The van der Waals surface area contributed by atoms with Crippen molar-refractivity contribution in [1.29, 1.82) is 0 Å². The Morgan fingerprint density at radius 1 is 1.21 bits per heavy atom. The summed E-state index contributed by atoms with van der Waals surface area (Å²) in [7, 11) is 0. The number of rotatable bonds is 3.